The molecular formula is C24H23Cl2NO4. The van der Waals surface area contributed by atoms with Crippen molar-refractivity contribution in [1.29, 1.82) is 0 Å². The average molecular weight is 460 g/mol. The van der Waals surface area contributed by atoms with E-state index >= 15 is 0 Å². The maximum absolute atomic E-state index is 6.54. The third kappa shape index (κ3) is 5.56. The molecule has 0 fully saturated rings. The van der Waals surface area contributed by atoms with Gasteiger partial charge in [-0.3, -0.25) is 0 Å². The van der Waals surface area contributed by atoms with Crippen molar-refractivity contribution in [2.24, 2.45) is 0 Å². The van der Waals surface area contributed by atoms with Gasteiger partial charge in [0, 0.05) is 18.1 Å². The molecule has 1 N–H and O–H groups in total. The Morgan fingerprint density at radius 1 is 0.871 bits per heavy atom. The molecule has 0 aliphatic carbocycles. The minimum atomic E-state index is 0.274. The summed E-state index contributed by atoms with van der Waals surface area (Å²) in [6.07, 6.45) is 0. The predicted molar refractivity (Wildman–Crippen MR) is 122 cm³/mol. The molecule has 0 radical (unpaired) electrons. The number of halogens is 2. The largest absolute Gasteiger partial charge is 0.490 e. The van der Waals surface area contributed by atoms with Gasteiger partial charge >= 0.3 is 0 Å². The third-order valence-corrected chi connectivity index (χ3v) is 5.25. The molecular weight excluding hydrogens is 437 g/mol. The molecule has 0 spiro atoms. The number of hydrogen-bond acceptors (Lipinski definition) is 5. The quantitative estimate of drug-likeness (QED) is 0.425. The van der Waals surface area contributed by atoms with E-state index in [0.29, 0.717) is 47.8 Å². The topological polar surface area (TPSA) is 49.0 Å². The van der Waals surface area contributed by atoms with Crippen molar-refractivity contribution in [3.8, 4) is 23.0 Å². The van der Waals surface area contributed by atoms with Gasteiger partial charge in [0.15, 0.2) is 23.0 Å². The average Bonchev–Trinajstić information content (AvgIpc) is 3.21. The molecule has 31 heavy (non-hydrogen) atoms. The van der Waals surface area contributed by atoms with Crippen LogP contribution in [0, 0.1) is 0 Å². The van der Waals surface area contributed by atoms with Crippen LogP contribution in [0.4, 0.5) is 0 Å². The second-order valence-corrected chi connectivity index (χ2v) is 7.89. The van der Waals surface area contributed by atoms with Crippen molar-refractivity contribution in [2.75, 3.05) is 13.4 Å². The molecule has 3 aromatic rings. The summed E-state index contributed by atoms with van der Waals surface area (Å²) in [5.74, 6) is 2.72. The normalized spacial score (nSPS) is 12.1. The molecule has 4 rings (SSSR count). The highest BCUT2D eigenvalue weighted by Crippen LogP contribution is 2.37. The second kappa shape index (κ2) is 10.1. The Balaban J connectivity index is 1.41. The zero-order valence-corrected chi connectivity index (χ0v) is 18.6. The predicted octanol–water partition coefficient (Wildman–Crippen LogP) is 5.99. The maximum Gasteiger partial charge on any atom is 0.231 e. The number of hydrogen-bond donors (Lipinski definition) is 1. The van der Waals surface area contributed by atoms with E-state index in [2.05, 4.69) is 5.32 Å². The Kier molecular flexibility index (Phi) is 7.07. The van der Waals surface area contributed by atoms with E-state index in [1.807, 2.05) is 61.5 Å². The highest BCUT2D eigenvalue weighted by Gasteiger charge is 2.15. The van der Waals surface area contributed by atoms with E-state index in [1.54, 1.807) is 0 Å². The minimum absolute atomic E-state index is 0.274. The lowest BCUT2D eigenvalue weighted by Crippen LogP contribution is -2.13. The van der Waals surface area contributed by atoms with Gasteiger partial charge in [-0.1, -0.05) is 41.4 Å². The summed E-state index contributed by atoms with van der Waals surface area (Å²) >= 11 is 12.6. The first-order chi connectivity index (χ1) is 15.1. The van der Waals surface area contributed by atoms with E-state index in [1.165, 1.54) is 0 Å². The second-order valence-electron chi connectivity index (χ2n) is 7.05. The van der Waals surface area contributed by atoms with Gasteiger partial charge in [0.2, 0.25) is 6.79 Å². The minimum Gasteiger partial charge on any atom is -0.490 e. The molecule has 162 valence electrons. The lowest BCUT2D eigenvalue weighted by molar-refractivity contribution is 0.174. The zero-order chi connectivity index (χ0) is 21.6. The van der Waals surface area contributed by atoms with Crippen molar-refractivity contribution in [2.45, 2.75) is 26.6 Å². The molecule has 0 bridgehead atoms. The van der Waals surface area contributed by atoms with Gasteiger partial charge in [-0.25, -0.2) is 0 Å². The summed E-state index contributed by atoms with van der Waals surface area (Å²) in [5.41, 5.74) is 3.08. The Bertz CT molecular complexity index is 1060. The van der Waals surface area contributed by atoms with Crippen LogP contribution >= 0.6 is 23.2 Å². The Morgan fingerprint density at radius 3 is 2.55 bits per heavy atom. The highest BCUT2D eigenvalue weighted by molar-refractivity contribution is 6.32. The summed E-state index contributed by atoms with van der Waals surface area (Å²) in [7, 11) is 0. The van der Waals surface area contributed by atoms with Crippen molar-refractivity contribution in [1.82, 2.24) is 5.32 Å². The number of rotatable bonds is 9. The third-order valence-electron chi connectivity index (χ3n) is 4.74. The molecule has 3 aromatic carbocycles. The van der Waals surface area contributed by atoms with E-state index in [4.69, 9.17) is 42.1 Å². The van der Waals surface area contributed by atoms with Crippen molar-refractivity contribution in [3.05, 3.63) is 81.3 Å². The molecule has 1 aliphatic heterocycles. The van der Waals surface area contributed by atoms with Crippen molar-refractivity contribution >= 4 is 23.2 Å². The fourth-order valence-electron chi connectivity index (χ4n) is 3.31. The molecule has 1 aliphatic rings. The van der Waals surface area contributed by atoms with Gasteiger partial charge in [-0.05, 0) is 60.0 Å². The van der Waals surface area contributed by atoms with Crippen LogP contribution in [0.25, 0.3) is 0 Å². The van der Waals surface area contributed by atoms with E-state index < -0.39 is 0 Å². The first kappa shape index (κ1) is 21.6. The molecule has 7 heteroatoms. The molecule has 1 heterocycles. The molecule has 0 unspecified atom stereocenters. The lowest BCUT2D eigenvalue weighted by atomic mass is 10.1. The van der Waals surface area contributed by atoms with Crippen LogP contribution in [-0.2, 0) is 19.7 Å². The first-order valence-corrected chi connectivity index (χ1v) is 10.8. The van der Waals surface area contributed by atoms with E-state index in [-0.39, 0.29) is 6.79 Å². The fraction of sp³-hybridized carbons (Fsp3) is 0.250. The molecule has 5 nitrogen and oxygen atoms in total. The standard InChI is InChI=1S/C24H23Cl2NO4/c1-2-28-23-11-18(13-27-12-16-6-7-21-22(10-16)31-15-30-21)9-20(26)24(23)29-14-17-4-3-5-19(25)8-17/h3-11,27H,2,12-15H2,1H3. The van der Waals surface area contributed by atoms with Crippen LogP contribution < -0.4 is 24.3 Å². The van der Waals surface area contributed by atoms with Crippen LogP contribution in [0.5, 0.6) is 23.0 Å². The van der Waals surface area contributed by atoms with Gasteiger partial charge in [0.05, 0.1) is 11.6 Å². The summed E-state index contributed by atoms with van der Waals surface area (Å²) in [4.78, 5) is 0. The first-order valence-electron chi connectivity index (χ1n) is 10.0. The fourth-order valence-corrected chi connectivity index (χ4v) is 3.81. The zero-order valence-electron chi connectivity index (χ0n) is 17.1. The maximum atomic E-state index is 6.54. The summed E-state index contributed by atoms with van der Waals surface area (Å²) < 4.78 is 22.5. The molecule has 0 amide bonds. The van der Waals surface area contributed by atoms with Gasteiger partial charge in [-0.15, -0.1) is 0 Å². The van der Waals surface area contributed by atoms with Gasteiger partial charge < -0.3 is 24.3 Å². The lowest BCUT2D eigenvalue weighted by Gasteiger charge is -2.16. The smallest absolute Gasteiger partial charge is 0.231 e. The Labute approximate surface area is 191 Å². The van der Waals surface area contributed by atoms with Crippen LogP contribution in [0.15, 0.2) is 54.6 Å². The molecule has 0 atom stereocenters. The molecule has 0 saturated carbocycles. The Hall–Kier alpha value is -2.60. The SMILES string of the molecule is CCOc1cc(CNCc2ccc3c(c2)OCO3)cc(Cl)c1OCc1cccc(Cl)c1. The van der Waals surface area contributed by atoms with Gasteiger partial charge in [0.25, 0.3) is 0 Å². The van der Waals surface area contributed by atoms with Gasteiger partial charge in [-0.2, -0.15) is 0 Å². The summed E-state index contributed by atoms with van der Waals surface area (Å²) in [6, 6.07) is 17.3. The van der Waals surface area contributed by atoms with E-state index in [0.717, 1.165) is 28.2 Å². The number of fused-ring (bicyclic) bond motifs is 1. The van der Waals surface area contributed by atoms with Crippen LogP contribution in [-0.4, -0.2) is 13.4 Å². The molecule has 0 saturated heterocycles. The summed E-state index contributed by atoms with van der Waals surface area (Å²) in [5, 5.41) is 4.60. The Morgan fingerprint density at radius 2 is 1.71 bits per heavy atom. The van der Waals surface area contributed by atoms with Crippen molar-refractivity contribution < 1.29 is 18.9 Å². The van der Waals surface area contributed by atoms with Crippen LogP contribution in [0.3, 0.4) is 0 Å². The number of nitrogens with one attached hydrogen (secondary N) is 1. The van der Waals surface area contributed by atoms with Crippen molar-refractivity contribution in [3.63, 3.8) is 0 Å². The molecule has 0 aromatic heterocycles. The van der Waals surface area contributed by atoms with Crippen LogP contribution in [0.2, 0.25) is 10.0 Å². The highest BCUT2D eigenvalue weighted by atomic mass is 35.5. The number of benzene rings is 3. The number of ether oxygens (including phenoxy) is 4. The van der Waals surface area contributed by atoms with Crippen LogP contribution in [0.1, 0.15) is 23.6 Å². The summed E-state index contributed by atoms with van der Waals surface area (Å²) in [6.45, 7) is 4.38. The van der Waals surface area contributed by atoms with E-state index in [9.17, 15) is 0 Å². The monoisotopic (exact) mass is 459 g/mol. The van der Waals surface area contributed by atoms with Gasteiger partial charge in [0.1, 0.15) is 6.61 Å².